The quantitative estimate of drug-likeness (QED) is 0.178. The molecule has 12 heteroatoms. The van der Waals surface area contributed by atoms with Crippen molar-refractivity contribution in [3.8, 4) is 22.3 Å². The zero-order chi connectivity index (χ0) is 33.4. The molecule has 5 aromatic rings. The third kappa shape index (κ3) is 7.88. The average Bonchev–Trinajstić information content (AvgIpc) is 3.90. The van der Waals surface area contributed by atoms with Gasteiger partial charge in [-0.15, -0.1) is 0 Å². The van der Waals surface area contributed by atoms with Crippen molar-refractivity contribution in [1.82, 2.24) is 39.5 Å². The molecule has 266 valence electrons. The van der Waals surface area contributed by atoms with Crippen LogP contribution in [0.1, 0.15) is 62.3 Å². The van der Waals surface area contributed by atoms with Crippen LogP contribution in [0, 0.1) is 0 Å². The Hall–Kier alpha value is -3.84. The molecule has 2 aromatic heterocycles. The van der Waals surface area contributed by atoms with Gasteiger partial charge in [0.25, 0.3) is 0 Å². The highest BCUT2D eigenvalue weighted by atomic mass is 32.1. The zero-order valence-electron chi connectivity index (χ0n) is 29.5. The lowest BCUT2D eigenvalue weighted by atomic mass is 10.00. The van der Waals surface area contributed by atoms with E-state index in [-0.39, 0.29) is 50.9 Å². The van der Waals surface area contributed by atoms with Gasteiger partial charge in [-0.3, -0.25) is 9.59 Å². The number of fused-ring (bicyclic) bond motifs is 2. The number of likely N-dealkylation sites (tertiary alicyclic amines) is 2. The molecule has 0 radical (unpaired) electrons. The van der Waals surface area contributed by atoms with E-state index in [0.29, 0.717) is 12.8 Å². The number of hydrogen-bond donors (Lipinski definition) is 2. The Morgan fingerprint density at radius 1 is 0.640 bits per heavy atom. The van der Waals surface area contributed by atoms with Crippen molar-refractivity contribution in [2.75, 3.05) is 54.4 Å². The number of carbonyl (C=O) groups excluding carboxylic acids is 2. The fraction of sp³-hybridized carbons (Fsp3) is 0.421. The van der Waals surface area contributed by atoms with Crippen LogP contribution in [-0.2, 0) is 9.59 Å². The number of nitrogens with zero attached hydrogens (tertiary/aromatic N) is 6. The Morgan fingerprint density at radius 2 is 1.02 bits per heavy atom. The summed E-state index contributed by atoms with van der Waals surface area (Å²) in [7, 11) is 7.99. The molecule has 0 saturated carbocycles. The average molecular weight is 715 g/mol. The number of nitrogens with one attached hydrogen (secondary N) is 2. The standard InChI is InChI=1S/C38H46N8O2.2H2S/c1-43(2)21-17-35(47)45-19-5-7-33(45)37-39-29-15-13-27(23-31(29)41-37)25-9-11-26(12-10-25)28-14-16-30-32(24-28)42-38(40-30)34-8-6-20-46(34)36(48)18-22-44(3)4;;/h9-16,23-24,33-34H,5-8,17-22H2,1-4H3,(H,39,41)(H,40,42);2*1H2/t33-,34-;;/m0../s1. The van der Waals surface area contributed by atoms with Crippen molar-refractivity contribution >= 4 is 60.9 Å². The molecule has 50 heavy (non-hydrogen) atoms. The lowest BCUT2D eigenvalue weighted by molar-refractivity contribution is -0.133. The van der Waals surface area contributed by atoms with Crippen molar-refractivity contribution in [1.29, 1.82) is 0 Å². The fourth-order valence-electron chi connectivity index (χ4n) is 7.21. The summed E-state index contributed by atoms with van der Waals surface area (Å²) in [6.07, 6.45) is 4.92. The Morgan fingerprint density at radius 3 is 1.40 bits per heavy atom. The molecular formula is C38H50N8O2S2. The fourth-order valence-corrected chi connectivity index (χ4v) is 7.21. The SMILES string of the molecule is CN(C)CCC(=O)N1CCC[C@H]1c1nc2ccc(-c3ccc(-c4ccc5nc([C@@H]6CCCN6C(=O)CCN(C)C)[nH]c5c4)cc3)cc2[nH]1.S.S. The van der Waals surface area contributed by atoms with Gasteiger partial charge in [-0.2, -0.15) is 27.0 Å². The number of aromatic amines is 2. The van der Waals surface area contributed by atoms with E-state index in [1.54, 1.807) is 0 Å². The molecule has 2 amide bonds. The van der Waals surface area contributed by atoms with Gasteiger partial charge in [-0.1, -0.05) is 36.4 Å². The number of amides is 2. The largest absolute Gasteiger partial charge is 0.340 e. The summed E-state index contributed by atoms with van der Waals surface area (Å²) in [5, 5.41) is 0. The zero-order valence-corrected chi connectivity index (χ0v) is 31.5. The van der Waals surface area contributed by atoms with Gasteiger partial charge < -0.3 is 29.6 Å². The molecule has 2 N–H and O–H groups in total. The Kier molecular flexibility index (Phi) is 12.0. The van der Waals surface area contributed by atoms with Gasteiger partial charge in [0.2, 0.25) is 11.8 Å². The predicted molar refractivity (Wildman–Crippen MR) is 211 cm³/mol. The normalized spacial score (nSPS) is 17.6. The van der Waals surface area contributed by atoms with E-state index >= 15 is 0 Å². The highest BCUT2D eigenvalue weighted by Crippen LogP contribution is 2.35. The lowest BCUT2D eigenvalue weighted by Gasteiger charge is -2.24. The molecule has 10 nitrogen and oxygen atoms in total. The molecule has 2 saturated heterocycles. The highest BCUT2D eigenvalue weighted by Gasteiger charge is 2.33. The van der Waals surface area contributed by atoms with E-state index in [1.807, 2.05) is 38.0 Å². The van der Waals surface area contributed by atoms with Crippen molar-refractivity contribution in [2.24, 2.45) is 0 Å². The van der Waals surface area contributed by atoms with Crippen molar-refractivity contribution in [3.05, 3.63) is 72.3 Å². The molecule has 0 unspecified atom stereocenters. The molecule has 7 rings (SSSR count). The lowest BCUT2D eigenvalue weighted by Crippen LogP contribution is -2.33. The molecule has 2 atom stereocenters. The van der Waals surface area contributed by atoms with Crippen LogP contribution in [-0.4, -0.2) is 106 Å². The smallest absolute Gasteiger partial charge is 0.224 e. The van der Waals surface area contributed by atoms with Gasteiger partial charge in [-0.05, 0) is 100 Å². The molecular weight excluding hydrogens is 665 g/mol. The van der Waals surface area contributed by atoms with Gasteiger partial charge in [0, 0.05) is 39.0 Å². The van der Waals surface area contributed by atoms with Gasteiger partial charge in [-0.25, -0.2) is 9.97 Å². The molecule has 3 aromatic carbocycles. The van der Waals surface area contributed by atoms with Gasteiger partial charge in [0.05, 0.1) is 34.2 Å². The Balaban J connectivity index is 0.00000243. The number of hydrogen-bond acceptors (Lipinski definition) is 6. The topological polar surface area (TPSA) is 104 Å². The minimum atomic E-state index is 0. The van der Waals surface area contributed by atoms with E-state index in [2.05, 4.69) is 80.4 Å². The first-order valence-electron chi connectivity index (χ1n) is 17.2. The van der Waals surface area contributed by atoms with Crippen LogP contribution in [0.2, 0.25) is 0 Å². The monoisotopic (exact) mass is 714 g/mol. The van der Waals surface area contributed by atoms with Crippen molar-refractivity contribution < 1.29 is 9.59 Å². The van der Waals surface area contributed by atoms with Crippen LogP contribution in [0.15, 0.2) is 60.7 Å². The first kappa shape index (κ1) is 37.4. The summed E-state index contributed by atoms with van der Waals surface area (Å²) in [5.74, 6) is 2.15. The second-order valence-corrected chi connectivity index (χ2v) is 13.9. The number of imidazole rings is 2. The summed E-state index contributed by atoms with van der Waals surface area (Å²) in [4.78, 5) is 50.9. The van der Waals surface area contributed by atoms with Crippen molar-refractivity contribution in [3.63, 3.8) is 0 Å². The van der Waals surface area contributed by atoms with Gasteiger partial charge >= 0.3 is 0 Å². The van der Waals surface area contributed by atoms with Crippen LogP contribution in [0.4, 0.5) is 0 Å². The molecule has 0 bridgehead atoms. The number of benzene rings is 3. The van der Waals surface area contributed by atoms with Crippen LogP contribution in [0.25, 0.3) is 44.3 Å². The summed E-state index contributed by atoms with van der Waals surface area (Å²) >= 11 is 0. The number of H-pyrrole nitrogens is 2. The second-order valence-electron chi connectivity index (χ2n) is 13.9. The summed E-state index contributed by atoms with van der Waals surface area (Å²) in [6.45, 7) is 3.08. The third-order valence-corrected chi connectivity index (χ3v) is 9.88. The highest BCUT2D eigenvalue weighted by molar-refractivity contribution is 7.59. The Labute approximate surface area is 308 Å². The summed E-state index contributed by atoms with van der Waals surface area (Å²) in [6, 6.07) is 21.3. The van der Waals surface area contributed by atoms with Crippen LogP contribution >= 0.6 is 27.0 Å². The maximum atomic E-state index is 12.9. The summed E-state index contributed by atoms with van der Waals surface area (Å²) in [5.41, 5.74) is 8.30. The van der Waals surface area contributed by atoms with Crippen molar-refractivity contribution in [2.45, 2.75) is 50.6 Å². The number of aromatic nitrogens is 4. The van der Waals surface area contributed by atoms with E-state index in [0.717, 1.165) is 108 Å². The molecule has 2 fully saturated rings. The van der Waals surface area contributed by atoms with E-state index in [9.17, 15) is 9.59 Å². The third-order valence-electron chi connectivity index (χ3n) is 9.88. The maximum Gasteiger partial charge on any atom is 0.224 e. The number of rotatable bonds is 10. The first-order valence-corrected chi connectivity index (χ1v) is 17.2. The second kappa shape index (κ2) is 16.0. The molecule has 2 aliphatic rings. The van der Waals surface area contributed by atoms with E-state index in [4.69, 9.17) is 9.97 Å². The van der Waals surface area contributed by atoms with Gasteiger partial charge in [0.15, 0.2) is 0 Å². The molecule has 0 aliphatic carbocycles. The maximum absolute atomic E-state index is 12.9. The van der Waals surface area contributed by atoms with Crippen LogP contribution < -0.4 is 0 Å². The minimum Gasteiger partial charge on any atom is -0.340 e. The van der Waals surface area contributed by atoms with Crippen LogP contribution in [0.3, 0.4) is 0 Å². The first-order chi connectivity index (χ1) is 23.2. The molecule has 4 heterocycles. The molecule has 0 spiro atoms. The van der Waals surface area contributed by atoms with E-state index in [1.165, 1.54) is 0 Å². The summed E-state index contributed by atoms with van der Waals surface area (Å²) < 4.78 is 0. The Bertz CT molecular complexity index is 1800. The van der Waals surface area contributed by atoms with Gasteiger partial charge in [0.1, 0.15) is 11.6 Å². The number of carbonyl (C=O) groups is 2. The van der Waals surface area contributed by atoms with E-state index < -0.39 is 0 Å². The minimum absolute atomic E-state index is 0. The predicted octanol–water partition coefficient (Wildman–Crippen LogP) is 6.23. The van der Waals surface area contributed by atoms with Crippen LogP contribution in [0.5, 0.6) is 0 Å². The molecule has 2 aliphatic heterocycles.